The van der Waals surface area contributed by atoms with Crippen LogP contribution in [0.4, 0.5) is 0 Å². The highest BCUT2D eigenvalue weighted by molar-refractivity contribution is 6.37. The Morgan fingerprint density at radius 2 is 1.86 bits per heavy atom. The summed E-state index contributed by atoms with van der Waals surface area (Å²) in [4.78, 5) is 25.9. The van der Waals surface area contributed by atoms with E-state index in [0.717, 1.165) is 25.9 Å². The third-order valence-corrected chi connectivity index (χ3v) is 3.96. The number of amides is 2. The molecule has 1 aromatic carbocycles. The predicted molar refractivity (Wildman–Crippen MR) is 81.2 cm³/mol. The molecule has 1 N–H and O–H groups in total. The maximum Gasteiger partial charge on any atom is 0.257 e. The van der Waals surface area contributed by atoms with Crippen LogP contribution >= 0.6 is 23.2 Å². The largest absolute Gasteiger partial charge is 0.494 e. The molecule has 1 heterocycles. The first kappa shape index (κ1) is 15.9. The van der Waals surface area contributed by atoms with Crippen molar-refractivity contribution in [2.24, 2.45) is 0 Å². The van der Waals surface area contributed by atoms with Crippen molar-refractivity contribution in [1.29, 1.82) is 0 Å². The number of likely N-dealkylation sites (tertiary alicyclic amines) is 1. The zero-order valence-corrected chi connectivity index (χ0v) is 13.1. The molecule has 2 amide bonds. The number of benzene rings is 1. The van der Waals surface area contributed by atoms with Gasteiger partial charge in [0, 0.05) is 13.1 Å². The number of carbonyl (C=O) groups is 2. The molecule has 1 fully saturated rings. The van der Waals surface area contributed by atoms with E-state index < -0.39 is 5.91 Å². The van der Waals surface area contributed by atoms with Crippen molar-refractivity contribution in [3.05, 3.63) is 27.7 Å². The molecule has 5 nitrogen and oxygen atoms in total. The Kier molecular flexibility index (Phi) is 5.31. The van der Waals surface area contributed by atoms with Gasteiger partial charge in [0.15, 0.2) is 5.75 Å². The van der Waals surface area contributed by atoms with Crippen LogP contribution in [0.2, 0.25) is 10.0 Å². The molecule has 1 aliphatic rings. The number of rotatable bonds is 4. The standard InChI is InChI=1S/C14H16Cl2N2O3/c1-21-13-10(16)5-4-9(15)12(13)14(20)17-8-11(19)18-6-2-3-7-18/h4-5H,2-3,6-8H2,1H3,(H,17,20). The summed E-state index contributed by atoms with van der Waals surface area (Å²) >= 11 is 12.0. The van der Waals surface area contributed by atoms with E-state index in [1.807, 2.05) is 0 Å². The zero-order valence-electron chi connectivity index (χ0n) is 11.6. The van der Waals surface area contributed by atoms with E-state index >= 15 is 0 Å². The van der Waals surface area contributed by atoms with E-state index in [2.05, 4.69) is 5.32 Å². The summed E-state index contributed by atoms with van der Waals surface area (Å²) < 4.78 is 5.11. The molecule has 0 aliphatic carbocycles. The second-order valence-electron chi connectivity index (χ2n) is 4.71. The summed E-state index contributed by atoms with van der Waals surface area (Å²) in [6.45, 7) is 1.43. The van der Waals surface area contributed by atoms with E-state index in [1.54, 1.807) is 11.0 Å². The van der Waals surface area contributed by atoms with Crippen molar-refractivity contribution >= 4 is 35.0 Å². The first-order chi connectivity index (χ1) is 10.0. The van der Waals surface area contributed by atoms with Crippen LogP contribution in [0.3, 0.4) is 0 Å². The lowest BCUT2D eigenvalue weighted by molar-refractivity contribution is -0.129. The molecule has 1 saturated heterocycles. The number of nitrogens with one attached hydrogen (secondary N) is 1. The lowest BCUT2D eigenvalue weighted by Crippen LogP contribution is -2.38. The Balaban J connectivity index is 2.06. The molecule has 0 unspecified atom stereocenters. The van der Waals surface area contributed by atoms with Crippen LogP contribution in [-0.2, 0) is 4.79 Å². The smallest absolute Gasteiger partial charge is 0.257 e. The highest BCUT2D eigenvalue weighted by Crippen LogP contribution is 2.33. The Hall–Kier alpha value is -1.46. The van der Waals surface area contributed by atoms with Crippen LogP contribution in [0.15, 0.2) is 12.1 Å². The fourth-order valence-corrected chi connectivity index (χ4v) is 2.74. The minimum atomic E-state index is -0.480. The minimum absolute atomic E-state index is 0.0647. The molecular weight excluding hydrogens is 315 g/mol. The van der Waals surface area contributed by atoms with Crippen LogP contribution < -0.4 is 10.1 Å². The molecule has 0 bridgehead atoms. The summed E-state index contributed by atoms with van der Waals surface area (Å²) in [5.74, 6) is -0.375. The maximum absolute atomic E-state index is 12.2. The molecule has 0 atom stereocenters. The van der Waals surface area contributed by atoms with Crippen molar-refractivity contribution in [3.63, 3.8) is 0 Å². The third-order valence-electron chi connectivity index (χ3n) is 3.35. The van der Waals surface area contributed by atoms with Crippen molar-refractivity contribution in [1.82, 2.24) is 10.2 Å². The van der Waals surface area contributed by atoms with Gasteiger partial charge in [-0.2, -0.15) is 0 Å². The van der Waals surface area contributed by atoms with Gasteiger partial charge in [0.2, 0.25) is 5.91 Å². The van der Waals surface area contributed by atoms with Gasteiger partial charge < -0.3 is 15.0 Å². The summed E-state index contributed by atoms with van der Waals surface area (Å²) in [5.41, 5.74) is 0.140. The predicted octanol–water partition coefficient (Wildman–Crippen LogP) is 2.35. The molecule has 0 aromatic heterocycles. The van der Waals surface area contributed by atoms with Crippen LogP contribution in [0.1, 0.15) is 23.2 Å². The highest BCUT2D eigenvalue weighted by Gasteiger charge is 2.22. The van der Waals surface area contributed by atoms with E-state index in [4.69, 9.17) is 27.9 Å². The Morgan fingerprint density at radius 3 is 2.48 bits per heavy atom. The van der Waals surface area contributed by atoms with Gasteiger partial charge in [-0.1, -0.05) is 23.2 Å². The molecule has 0 spiro atoms. The number of halogens is 2. The van der Waals surface area contributed by atoms with Crippen LogP contribution in [0.25, 0.3) is 0 Å². The topological polar surface area (TPSA) is 58.6 Å². The highest BCUT2D eigenvalue weighted by atomic mass is 35.5. The number of hydrogen-bond acceptors (Lipinski definition) is 3. The van der Waals surface area contributed by atoms with Crippen molar-refractivity contribution in [3.8, 4) is 5.75 Å². The molecular formula is C14H16Cl2N2O3. The third kappa shape index (κ3) is 3.60. The summed E-state index contributed by atoms with van der Waals surface area (Å²) in [6.07, 6.45) is 2.02. The average molecular weight is 331 g/mol. The lowest BCUT2D eigenvalue weighted by atomic mass is 10.2. The molecule has 7 heteroatoms. The van der Waals surface area contributed by atoms with Crippen LogP contribution in [-0.4, -0.2) is 43.5 Å². The van der Waals surface area contributed by atoms with Crippen LogP contribution in [0.5, 0.6) is 5.75 Å². The summed E-state index contributed by atoms with van der Waals surface area (Å²) in [5, 5.41) is 3.08. The fourth-order valence-electron chi connectivity index (χ4n) is 2.27. The van der Waals surface area contributed by atoms with Gasteiger partial charge in [-0.25, -0.2) is 0 Å². The lowest BCUT2D eigenvalue weighted by Gasteiger charge is -2.16. The van der Waals surface area contributed by atoms with Gasteiger partial charge in [-0.05, 0) is 25.0 Å². The van der Waals surface area contributed by atoms with Gasteiger partial charge in [-0.3, -0.25) is 9.59 Å². The molecule has 0 saturated carbocycles. The second-order valence-corrected chi connectivity index (χ2v) is 5.52. The van der Waals surface area contributed by atoms with E-state index in [9.17, 15) is 9.59 Å². The Labute approximate surface area is 133 Å². The van der Waals surface area contributed by atoms with Crippen molar-refractivity contribution in [2.75, 3.05) is 26.7 Å². The maximum atomic E-state index is 12.2. The van der Waals surface area contributed by atoms with E-state index in [0.29, 0.717) is 0 Å². The van der Waals surface area contributed by atoms with Crippen molar-refractivity contribution < 1.29 is 14.3 Å². The number of nitrogens with zero attached hydrogens (tertiary/aromatic N) is 1. The Bertz CT molecular complexity index is 557. The first-order valence-electron chi connectivity index (χ1n) is 6.62. The number of ether oxygens (including phenoxy) is 1. The molecule has 114 valence electrons. The van der Waals surface area contributed by atoms with Gasteiger partial charge in [0.1, 0.15) is 5.56 Å². The molecule has 0 radical (unpaired) electrons. The quantitative estimate of drug-likeness (QED) is 0.921. The summed E-state index contributed by atoms with van der Waals surface area (Å²) in [6, 6.07) is 3.07. The molecule has 2 rings (SSSR count). The van der Waals surface area contributed by atoms with Crippen molar-refractivity contribution in [2.45, 2.75) is 12.8 Å². The zero-order chi connectivity index (χ0) is 15.4. The van der Waals surface area contributed by atoms with E-state index in [1.165, 1.54) is 13.2 Å². The number of hydrogen-bond donors (Lipinski definition) is 1. The minimum Gasteiger partial charge on any atom is -0.494 e. The first-order valence-corrected chi connectivity index (χ1v) is 7.38. The number of methoxy groups -OCH3 is 1. The average Bonchev–Trinajstić information content (AvgIpc) is 3.00. The number of carbonyl (C=O) groups excluding carboxylic acids is 2. The fraction of sp³-hybridized carbons (Fsp3) is 0.429. The monoisotopic (exact) mass is 330 g/mol. The van der Waals surface area contributed by atoms with E-state index in [-0.39, 0.29) is 33.8 Å². The molecule has 1 aromatic rings. The second kappa shape index (κ2) is 7.00. The van der Waals surface area contributed by atoms with Gasteiger partial charge in [0.25, 0.3) is 5.91 Å². The van der Waals surface area contributed by atoms with Gasteiger partial charge >= 0.3 is 0 Å². The Morgan fingerprint density at radius 1 is 1.24 bits per heavy atom. The van der Waals surface area contributed by atoms with Gasteiger partial charge in [-0.15, -0.1) is 0 Å². The van der Waals surface area contributed by atoms with Gasteiger partial charge in [0.05, 0.1) is 23.7 Å². The molecule has 21 heavy (non-hydrogen) atoms. The SMILES string of the molecule is COc1c(Cl)ccc(Cl)c1C(=O)NCC(=O)N1CCCC1. The molecule has 1 aliphatic heterocycles. The normalized spacial score (nSPS) is 14.1. The summed E-state index contributed by atoms with van der Waals surface area (Å²) in [7, 11) is 1.41. The van der Waals surface area contributed by atoms with Crippen LogP contribution in [0, 0.1) is 0 Å².